The SMILES string of the molecule is CC(C)=C(C#Cc1ccccc1)C(F)(F)F. The largest absolute Gasteiger partial charge is 0.424 e. The van der Waals surface area contributed by atoms with Crippen LogP contribution in [0.15, 0.2) is 41.5 Å². The molecule has 1 aromatic carbocycles. The lowest BCUT2D eigenvalue weighted by Gasteiger charge is -2.06. The van der Waals surface area contributed by atoms with Crippen molar-refractivity contribution in [2.75, 3.05) is 0 Å². The summed E-state index contributed by atoms with van der Waals surface area (Å²) in [6.07, 6.45) is -4.37. The van der Waals surface area contributed by atoms with Gasteiger partial charge in [0.2, 0.25) is 0 Å². The molecule has 0 N–H and O–H groups in total. The van der Waals surface area contributed by atoms with Gasteiger partial charge in [-0.2, -0.15) is 13.2 Å². The van der Waals surface area contributed by atoms with E-state index >= 15 is 0 Å². The number of benzene rings is 1. The molecule has 0 amide bonds. The first-order valence-electron chi connectivity index (χ1n) is 4.73. The van der Waals surface area contributed by atoms with Gasteiger partial charge in [0, 0.05) is 5.56 Å². The molecule has 16 heavy (non-hydrogen) atoms. The Hall–Kier alpha value is -1.69. The first-order valence-corrected chi connectivity index (χ1v) is 4.73. The summed E-state index contributed by atoms with van der Waals surface area (Å²) < 4.78 is 37.5. The highest BCUT2D eigenvalue weighted by Gasteiger charge is 2.33. The van der Waals surface area contributed by atoms with Crippen LogP contribution in [0.1, 0.15) is 19.4 Å². The van der Waals surface area contributed by atoms with Crippen LogP contribution in [-0.4, -0.2) is 6.18 Å². The van der Waals surface area contributed by atoms with Gasteiger partial charge in [-0.25, -0.2) is 0 Å². The van der Waals surface area contributed by atoms with Gasteiger partial charge in [-0.1, -0.05) is 35.6 Å². The average molecular weight is 224 g/mol. The van der Waals surface area contributed by atoms with Crippen molar-refractivity contribution in [2.45, 2.75) is 20.0 Å². The van der Waals surface area contributed by atoms with Gasteiger partial charge in [0.25, 0.3) is 0 Å². The van der Waals surface area contributed by atoms with Crippen LogP contribution in [0.5, 0.6) is 0 Å². The summed E-state index contributed by atoms with van der Waals surface area (Å²) in [4.78, 5) is 0. The first-order chi connectivity index (χ1) is 7.41. The fourth-order valence-electron chi connectivity index (χ4n) is 1.14. The molecule has 0 unspecified atom stereocenters. The van der Waals surface area contributed by atoms with Crippen molar-refractivity contribution in [1.29, 1.82) is 0 Å². The van der Waals surface area contributed by atoms with Crippen LogP contribution < -0.4 is 0 Å². The first kappa shape index (κ1) is 12.4. The number of hydrogen-bond acceptors (Lipinski definition) is 0. The van der Waals surface area contributed by atoms with Crippen LogP contribution >= 0.6 is 0 Å². The molecule has 1 aromatic rings. The van der Waals surface area contributed by atoms with Crippen LogP contribution in [0.4, 0.5) is 13.2 Å². The van der Waals surface area contributed by atoms with E-state index in [1.165, 1.54) is 13.8 Å². The molecule has 0 aliphatic carbocycles. The van der Waals surface area contributed by atoms with Crippen LogP contribution in [-0.2, 0) is 0 Å². The average Bonchev–Trinajstić information content (AvgIpc) is 2.17. The lowest BCUT2D eigenvalue weighted by atomic mass is 10.1. The molecule has 0 fully saturated rings. The highest BCUT2D eigenvalue weighted by Crippen LogP contribution is 2.27. The van der Waals surface area contributed by atoms with Gasteiger partial charge in [-0.15, -0.1) is 0 Å². The molecule has 0 nitrogen and oxygen atoms in total. The lowest BCUT2D eigenvalue weighted by molar-refractivity contribution is -0.0879. The molecule has 0 aliphatic heterocycles. The second-order valence-corrected chi connectivity index (χ2v) is 3.49. The van der Waals surface area contributed by atoms with E-state index in [0.717, 1.165) is 0 Å². The van der Waals surface area contributed by atoms with Gasteiger partial charge >= 0.3 is 6.18 Å². The quantitative estimate of drug-likeness (QED) is 0.585. The summed E-state index contributed by atoms with van der Waals surface area (Å²) in [6, 6.07) is 8.61. The minimum atomic E-state index is -4.37. The van der Waals surface area contributed by atoms with E-state index < -0.39 is 11.7 Å². The number of rotatable bonds is 0. The van der Waals surface area contributed by atoms with Gasteiger partial charge in [0.15, 0.2) is 0 Å². The standard InChI is InChI=1S/C13H11F3/c1-10(2)12(13(14,15)16)9-8-11-6-4-3-5-7-11/h3-7H,1-2H3. The summed E-state index contributed by atoms with van der Waals surface area (Å²) in [7, 11) is 0. The van der Waals surface area contributed by atoms with Gasteiger partial charge in [-0.05, 0) is 26.0 Å². The highest BCUT2D eigenvalue weighted by atomic mass is 19.4. The summed E-state index contributed by atoms with van der Waals surface area (Å²) in [5.41, 5.74) is -0.0159. The summed E-state index contributed by atoms with van der Waals surface area (Å²) >= 11 is 0. The van der Waals surface area contributed by atoms with Gasteiger partial charge in [0.1, 0.15) is 5.57 Å². The fourth-order valence-corrected chi connectivity index (χ4v) is 1.14. The van der Waals surface area contributed by atoms with Crippen LogP contribution in [0, 0.1) is 11.8 Å². The van der Waals surface area contributed by atoms with Crippen molar-refractivity contribution >= 4 is 0 Å². The van der Waals surface area contributed by atoms with E-state index in [1.807, 2.05) is 0 Å². The molecule has 0 atom stereocenters. The second-order valence-electron chi connectivity index (χ2n) is 3.49. The molecular weight excluding hydrogens is 213 g/mol. The number of allylic oxidation sites excluding steroid dienone is 2. The van der Waals surface area contributed by atoms with Gasteiger partial charge in [-0.3, -0.25) is 0 Å². The minimum Gasteiger partial charge on any atom is -0.165 e. The molecule has 84 valence electrons. The minimum absolute atomic E-state index is 0.177. The summed E-state index contributed by atoms with van der Waals surface area (Å²) in [5, 5.41) is 0. The van der Waals surface area contributed by atoms with E-state index in [2.05, 4.69) is 11.8 Å². The topological polar surface area (TPSA) is 0 Å². The number of hydrogen-bond donors (Lipinski definition) is 0. The van der Waals surface area contributed by atoms with E-state index in [4.69, 9.17) is 0 Å². The van der Waals surface area contributed by atoms with Gasteiger partial charge in [0.05, 0.1) is 0 Å². The van der Waals surface area contributed by atoms with Crippen LogP contribution in [0.25, 0.3) is 0 Å². The Kier molecular flexibility index (Phi) is 3.78. The molecule has 1 rings (SSSR count). The van der Waals surface area contributed by atoms with Crippen molar-refractivity contribution in [3.8, 4) is 11.8 Å². The normalized spacial score (nSPS) is 10.3. The van der Waals surface area contributed by atoms with Crippen molar-refractivity contribution in [1.82, 2.24) is 0 Å². The van der Waals surface area contributed by atoms with Crippen LogP contribution in [0.3, 0.4) is 0 Å². The number of halogens is 3. The molecule has 0 radical (unpaired) electrons. The molecule has 0 bridgehead atoms. The smallest absolute Gasteiger partial charge is 0.165 e. The van der Waals surface area contributed by atoms with E-state index in [9.17, 15) is 13.2 Å². The molecule has 0 spiro atoms. The van der Waals surface area contributed by atoms with E-state index in [0.29, 0.717) is 5.56 Å². The lowest BCUT2D eigenvalue weighted by Crippen LogP contribution is -2.11. The third-order valence-electron chi connectivity index (χ3n) is 1.89. The third-order valence-corrected chi connectivity index (χ3v) is 1.89. The summed E-state index contributed by atoms with van der Waals surface area (Å²) in [6.45, 7) is 2.81. The maximum Gasteiger partial charge on any atom is 0.424 e. The Bertz CT molecular complexity index is 438. The Morgan fingerprint density at radius 3 is 2.06 bits per heavy atom. The highest BCUT2D eigenvalue weighted by molar-refractivity contribution is 5.43. The van der Waals surface area contributed by atoms with Crippen LogP contribution in [0.2, 0.25) is 0 Å². The van der Waals surface area contributed by atoms with Crippen molar-refractivity contribution in [2.24, 2.45) is 0 Å². The predicted octanol–water partition coefficient (Wildman–Crippen LogP) is 3.94. The maximum absolute atomic E-state index is 12.5. The zero-order valence-corrected chi connectivity index (χ0v) is 9.02. The monoisotopic (exact) mass is 224 g/mol. The zero-order valence-electron chi connectivity index (χ0n) is 9.02. The fraction of sp³-hybridized carbons (Fsp3) is 0.231. The molecule has 0 saturated heterocycles. The molecule has 0 heterocycles. The molecule has 3 heteroatoms. The maximum atomic E-state index is 12.5. The third kappa shape index (κ3) is 3.47. The Balaban J connectivity index is 3.05. The summed E-state index contributed by atoms with van der Waals surface area (Å²) in [5.74, 6) is 4.68. The van der Waals surface area contributed by atoms with Crippen molar-refractivity contribution < 1.29 is 13.2 Å². The Morgan fingerprint density at radius 2 is 1.62 bits per heavy atom. The van der Waals surface area contributed by atoms with E-state index in [-0.39, 0.29) is 5.57 Å². The molecule has 0 aromatic heterocycles. The predicted molar refractivity (Wildman–Crippen MR) is 57.7 cm³/mol. The second kappa shape index (κ2) is 4.89. The Labute approximate surface area is 92.8 Å². The molecule has 0 aliphatic rings. The molecular formula is C13H11F3. The molecule has 0 saturated carbocycles. The van der Waals surface area contributed by atoms with Crippen molar-refractivity contribution in [3.05, 3.63) is 47.0 Å². The van der Waals surface area contributed by atoms with Crippen molar-refractivity contribution in [3.63, 3.8) is 0 Å². The Morgan fingerprint density at radius 1 is 1.06 bits per heavy atom. The van der Waals surface area contributed by atoms with Gasteiger partial charge < -0.3 is 0 Å². The van der Waals surface area contributed by atoms with E-state index in [1.54, 1.807) is 30.3 Å². The number of alkyl halides is 3. The zero-order chi connectivity index (χ0) is 12.2.